The number of hydrogen-bond donors (Lipinski definition) is 2. The maximum atomic E-state index is 13.5. The second-order valence-corrected chi connectivity index (χ2v) is 6.17. The van der Waals surface area contributed by atoms with Gasteiger partial charge in [-0.1, -0.05) is 12.1 Å². The van der Waals surface area contributed by atoms with Crippen LogP contribution in [-0.2, 0) is 16.6 Å². The van der Waals surface area contributed by atoms with E-state index in [2.05, 4.69) is 5.32 Å². The van der Waals surface area contributed by atoms with Gasteiger partial charge in [-0.3, -0.25) is 0 Å². The SMILES string of the molecule is Cc1ccc(S(N)(=O)=O)cc1NCc1ccc(F)cc1F. The number of hydrogen-bond acceptors (Lipinski definition) is 3. The molecular weight excluding hydrogens is 298 g/mol. The number of benzene rings is 2. The van der Waals surface area contributed by atoms with Gasteiger partial charge in [0.15, 0.2) is 0 Å². The third-order valence-electron chi connectivity index (χ3n) is 3.02. The number of sulfonamides is 1. The van der Waals surface area contributed by atoms with Gasteiger partial charge in [-0.25, -0.2) is 22.3 Å². The van der Waals surface area contributed by atoms with Gasteiger partial charge in [0.2, 0.25) is 10.0 Å². The summed E-state index contributed by atoms with van der Waals surface area (Å²) >= 11 is 0. The Balaban J connectivity index is 2.23. The molecule has 0 heterocycles. The molecule has 21 heavy (non-hydrogen) atoms. The van der Waals surface area contributed by atoms with Crippen molar-refractivity contribution in [2.75, 3.05) is 5.32 Å². The molecular formula is C14H14F2N2O2S. The molecule has 0 aromatic heterocycles. The van der Waals surface area contributed by atoms with E-state index in [1.807, 2.05) is 0 Å². The van der Waals surface area contributed by atoms with Crippen molar-refractivity contribution in [1.82, 2.24) is 0 Å². The smallest absolute Gasteiger partial charge is 0.238 e. The Morgan fingerprint density at radius 1 is 1.14 bits per heavy atom. The number of nitrogens with two attached hydrogens (primary N) is 1. The molecule has 112 valence electrons. The minimum absolute atomic E-state index is 0.0322. The molecule has 0 aliphatic rings. The van der Waals surface area contributed by atoms with Crippen molar-refractivity contribution in [3.63, 3.8) is 0 Å². The standard InChI is InChI=1S/C14H14F2N2O2S/c1-9-2-5-12(21(17,19)20)7-14(9)18-8-10-3-4-11(15)6-13(10)16/h2-7,18H,8H2,1H3,(H2,17,19,20). The number of aryl methyl sites for hydroxylation is 1. The van der Waals surface area contributed by atoms with Crippen molar-refractivity contribution in [2.24, 2.45) is 5.14 Å². The molecule has 0 fully saturated rings. The predicted octanol–water partition coefficient (Wildman–Crippen LogP) is 2.53. The monoisotopic (exact) mass is 312 g/mol. The Kier molecular flexibility index (Phi) is 4.24. The fourth-order valence-electron chi connectivity index (χ4n) is 1.82. The molecule has 0 unspecified atom stereocenters. The minimum atomic E-state index is -3.80. The van der Waals surface area contributed by atoms with Crippen LogP contribution in [0.25, 0.3) is 0 Å². The van der Waals surface area contributed by atoms with Crippen LogP contribution in [0.1, 0.15) is 11.1 Å². The molecule has 0 bridgehead atoms. The number of primary sulfonamides is 1. The first-order valence-electron chi connectivity index (χ1n) is 6.08. The Labute approximate surface area is 121 Å². The van der Waals surface area contributed by atoms with E-state index in [4.69, 9.17) is 5.14 Å². The van der Waals surface area contributed by atoms with E-state index in [0.717, 1.165) is 17.7 Å². The number of halogens is 2. The average Bonchev–Trinajstić information content (AvgIpc) is 2.38. The van der Waals surface area contributed by atoms with Crippen molar-refractivity contribution >= 4 is 15.7 Å². The number of nitrogens with one attached hydrogen (secondary N) is 1. The first-order valence-corrected chi connectivity index (χ1v) is 7.63. The first-order chi connectivity index (χ1) is 9.77. The van der Waals surface area contributed by atoms with Crippen LogP contribution in [0.3, 0.4) is 0 Å². The zero-order valence-electron chi connectivity index (χ0n) is 11.2. The maximum absolute atomic E-state index is 13.5. The molecule has 2 rings (SSSR count). The molecule has 4 nitrogen and oxygen atoms in total. The van der Waals surface area contributed by atoms with Crippen LogP contribution >= 0.6 is 0 Å². The van der Waals surface area contributed by atoms with Crippen molar-refractivity contribution in [3.8, 4) is 0 Å². The molecule has 0 saturated heterocycles. The Morgan fingerprint density at radius 3 is 2.48 bits per heavy atom. The summed E-state index contributed by atoms with van der Waals surface area (Å²) in [5, 5.41) is 7.99. The van der Waals surface area contributed by atoms with E-state index in [1.165, 1.54) is 18.2 Å². The largest absolute Gasteiger partial charge is 0.381 e. The van der Waals surface area contributed by atoms with Crippen LogP contribution in [0.2, 0.25) is 0 Å². The molecule has 0 amide bonds. The summed E-state index contributed by atoms with van der Waals surface area (Å²) < 4.78 is 49.0. The summed E-state index contributed by atoms with van der Waals surface area (Å²) in [4.78, 5) is -0.0322. The van der Waals surface area contributed by atoms with E-state index in [0.29, 0.717) is 5.69 Å². The molecule has 0 radical (unpaired) electrons. The molecule has 2 aromatic carbocycles. The molecule has 0 saturated carbocycles. The lowest BCUT2D eigenvalue weighted by molar-refractivity contribution is 0.574. The fourth-order valence-corrected chi connectivity index (χ4v) is 2.36. The van der Waals surface area contributed by atoms with E-state index in [1.54, 1.807) is 13.0 Å². The van der Waals surface area contributed by atoms with Crippen LogP contribution in [-0.4, -0.2) is 8.42 Å². The summed E-state index contributed by atoms with van der Waals surface area (Å²) in [6, 6.07) is 7.67. The fraction of sp³-hybridized carbons (Fsp3) is 0.143. The highest BCUT2D eigenvalue weighted by molar-refractivity contribution is 7.89. The maximum Gasteiger partial charge on any atom is 0.238 e. The lowest BCUT2D eigenvalue weighted by atomic mass is 10.1. The van der Waals surface area contributed by atoms with Crippen molar-refractivity contribution in [2.45, 2.75) is 18.4 Å². The van der Waals surface area contributed by atoms with Crippen LogP contribution in [0.15, 0.2) is 41.3 Å². The normalized spacial score (nSPS) is 11.4. The summed E-state index contributed by atoms with van der Waals surface area (Å²) in [6.07, 6.45) is 0. The number of anilines is 1. The predicted molar refractivity (Wildman–Crippen MR) is 76.2 cm³/mol. The van der Waals surface area contributed by atoms with E-state index in [-0.39, 0.29) is 17.0 Å². The zero-order chi connectivity index (χ0) is 15.6. The van der Waals surface area contributed by atoms with Crippen LogP contribution in [0, 0.1) is 18.6 Å². The third kappa shape index (κ3) is 3.77. The molecule has 0 atom stereocenters. The third-order valence-corrected chi connectivity index (χ3v) is 3.93. The summed E-state index contributed by atoms with van der Waals surface area (Å²) in [5.41, 5.74) is 1.58. The topological polar surface area (TPSA) is 72.2 Å². The van der Waals surface area contributed by atoms with Crippen molar-refractivity contribution in [3.05, 3.63) is 59.2 Å². The summed E-state index contributed by atoms with van der Waals surface area (Å²) in [5.74, 6) is -1.31. The lowest BCUT2D eigenvalue weighted by Crippen LogP contribution is -2.13. The zero-order valence-corrected chi connectivity index (χ0v) is 12.0. The molecule has 2 aromatic rings. The van der Waals surface area contributed by atoms with E-state index < -0.39 is 21.7 Å². The van der Waals surface area contributed by atoms with Crippen LogP contribution < -0.4 is 10.5 Å². The Morgan fingerprint density at radius 2 is 1.86 bits per heavy atom. The summed E-state index contributed by atoms with van der Waals surface area (Å²) in [6.45, 7) is 1.87. The lowest BCUT2D eigenvalue weighted by Gasteiger charge is -2.11. The average molecular weight is 312 g/mol. The molecule has 0 spiro atoms. The summed E-state index contributed by atoms with van der Waals surface area (Å²) in [7, 11) is -3.80. The van der Waals surface area contributed by atoms with Gasteiger partial charge in [-0.15, -0.1) is 0 Å². The van der Waals surface area contributed by atoms with Crippen LogP contribution in [0.5, 0.6) is 0 Å². The van der Waals surface area contributed by atoms with E-state index >= 15 is 0 Å². The van der Waals surface area contributed by atoms with E-state index in [9.17, 15) is 17.2 Å². The van der Waals surface area contributed by atoms with Gasteiger partial charge >= 0.3 is 0 Å². The second kappa shape index (κ2) is 5.79. The van der Waals surface area contributed by atoms with Gasteiger partial charge in [-0.05, 0) is 30.7 Å². The van der Waals surface area contributed by atoms with Gasteiger partial charge in [-0.2, -0.15) is 0 Å². The van der Waals surface area contributed by atoms with Gasteiger partial charge < -0.3 is 5.32 Å². The van der Waals surface area contributed by atoms with Crippen LogP contribution in [0.4, 0.5) is 14.5 Å². The first kappa shape index (κ1) is 15.4. The van der Waals surface area contributed by atoms with Gasteiger partial charge in [0.25, 0.3) is 0 Å². The van der Waals surface area contributed by atoms with Gasteiger partial charge in [0.05, 0.1) is 4.90 Å². The highest BCUT2D eigenvalue weighted by Crippen LogP contribution is 2.20. The van der Waals surface area contributed by atoms with Gasteiger partial charge in [0.1, 0.15) is 11.6 Å². The highest BCUT2D eigenvalue weighted by atomic mass is 32.2. The van der Waals surface area contributed by atoms with Gasteiger partial charge in [0, 0.05) is 23.9 Å². The number of rotatable bonds is 4. The van der Waals surface area contributed by atoms with Crippen molar-refractivity contribution < 1.29 is 17.2 Å². The van der Waals surface area contributed by atoms with Crippen molar-refractivity contribution in [1.29, 1.82) is 0 Å². The Hall–Kier alpha value is -1.99. The quantitative estimate of drug-likeness (QED) is 0.911. The molecule has 7 heteroatoms. The molecule has 0 aliphatic heterocycles. The minimum Gasteiger partial charge on any atom is -0.381 e. The Bertz CT molecular complexity index is 777. The molecule has 3 N–H and O–H groups in total. The molecule has 0 aliphatic carbocycles. The highest BCUT2D eigenvalue weighted by Gasteiger charge is 2.10. The second-order valence-electron chi connectivity index (χ2n) is 4.61.